The summed E-state index contributed by atoms with van der Waals surface area (Å²) in [7, 11) is 0. The Morgan fingerprint density at radius 3 is 2.36 bits per heavy atom. The standard InChI is InChI=1S/C21H24N2O2/c1-14-7-8-17-12-18(13-19(15(2)24)16(3)25)21(22-20(17)11-14)23-9-5-4-6-10-23/h7-8,11-13H,4-6,9-10H2,1-3H3. The maximum Gasteiger partial charge on any atom is 0.163 e. The zero-order chi connectivity index (χ0) is 18.0. The molecular formula is C21H24N2O2. The maximum atomic E-state index is 11.9. The first-order chi connectivity index (χ1) is 12.0. The van der Waals surface area contributed by atoms with Crippen LogP contribution in [-0.2, 0) is 9.59 Å². The molecule has 1 aliphatic rings. The van der Waals surface area contributed by atoms with Gasteiger partial charge in [0.25, 0.3) is 0 Å². The van der Waals surface area contributed by atoms with E-state index in [-0.39, 0.29) is 17.1 Å². The molecule has 4 heteroatoms. The molecule has 1 aromatic carbocycles. The number of hydrogen-bond donors (Lipinski definition) is 0. The molecule has 0 N–H and O–H groups in total. The van der Waals surface area contributed by atoms with Crippen LogP contribution >= 0.6 is 0 Å². The van der Waals surface area contributed by atoms with Crippen molar-refractivity contribution in [3.05, 3.63) is 41.0 Å². The Morgan fingerprint density at radius 2 is 1.72 bits per heavy atom. The fourth-order valence-corrected chi connectivity index (χ4v) is 3.36. The van der Waals surface area contributed by atoms with Crippen molar-refractivity contribution < 1.29 is 9.59 Å². The van der Waals surface area contributed by atoms with Gasteiger partial charge >= 0.3 is 0 Å². The van der Waals surface area contributed by atoms with Gasteiger partial charge in [0.05, 0.1) is 11.1 Å². The summed E-state index contributed by atoms with van der Waals surface area (Å²) in [6.45, 7) is 6.84. The van der Waals surface area contributed by atoms with Gasteiger partial charge in [-0.1, -0.05) is 12.1 Å². The van der Waals surface area contributed by atoms with E-state index in [9.17, 15) is 9.59 Å². The Labute approximate surface area is 148 Å². The minimum Gasteiger partial charge on any atom is -0.356 e. The lowest BCUT2D eigenvalue weighted by atomic mass is 10.0. The third-order valence-corrected chi connectivity index (χ3v) is 4.70. The van der Waals surface area contributed by atoms with Crippen LogP contribution in [0.3, 0.4) is 0 Å². The summed E-state index contributed by atoms with van der Waals surface area (Å²) < 4.78 is 0. The van der Waals surface area contributed by atoms with Gasteiger partial charge in [0, 0.05) is 24.0 Å². The van der Waals surface area contributed by atoms with Gasteiger partial charge in [-0.15, -0.1) is 0 Å². The molecule has 4 nitrogen and oxygen atoms in total. The predicted molar refractivity (Wildman–Crippen MR) is 102 cm³/mol. The smallest absolute Gasteiger partial charge is 0.163 e. The number of carbonyl (C=O) groups excluding carboxylic acids is 2. The number of nitrogens with zero attached hydrogens (tertiary/aromatic N) is 2. The van der Waals surface area contributed by atoms with Crippen molar-refractivity contribution in [2.45, 2.75) is 40.0 Å². The molecule has 0 spiro atoms. The van der Waals surface area contributed by atoms with Gasteiger partial charge in [0.1, 0.15) is 5.82 Å². The third-order valence-electron chi connectivity index (χ3n) is 4.70. The van der Waals surface area contributed by atoms with Crippen LogP contribution in [0.25, 0.3) is 17.0 Å². The molecule has 0 aliphatic carbocycles. The molecule has 0 atom stereocenters. The molecule has 1 aliphatic heterocycles. The van der Waals surface area contributed by atoms with E-state index in [0.717, 1.165) is 48.2 Å². The molecule has 130 valence electrons. The second kappa shape index (κ2) is 7.18. The second-order valence-electron chi connectivity index (χ2n) is 6.82. The van der Waals surface area contributed by atoms with Crippen molar-refractivity contribution in [1.82, 2.24) is 4.98 Å². The van der Waals surface area contributed by atoms with Crippen LogP contribution < -0.4 is 4.90 Å². The molecule has 0 radical (unpaired) electrons. The van der Waals surface area contributed by atoms with Gasteiger partial charge < -0.3 is 4.90 Å². The molecule has 3 rings (SSSR count). The second-order valence-corrected chi connectivity index (χ2v) is 6.82. The number of hydrogen-bond acceptors (Lipinski definition) is 4. The molecule has 1 saturated heterocycles. The SMILES string of the molecule is CC(=O)C(=Cc1cc2ccc(C)cc2nc1N1CCCCC1)C(C)=O. The van der Waals surface area contributed by atoms with Gasteiger partial charge in [0.2, 0.25) is 0 Å². The average molecular weight is 336 g/mol. The molecule has 25 heavy (non-hydrogen) atoms. The summed E-state index contributed by atoms with van der Waals surface area (Å²) in [5.41, 5.74) is 3.19. The quantitative estimate of drug-likeness (QED) is 0.479. The topological polar surface area (TPSA) is 50.3 Å². The number of rotatable bonds is 4. The predicted octanol–water partition coefficient (Wildman–Crippen LogP) is 4.09. The summed E-state index contributed by atoms with van der Waals surface area (Å²) in [5, 5.41) is 1.02. The lowest BCUT2D eigenvalue weighted by molar-refractivity contribution is -0.119. The summed E-state index contributed by atoms with van der Waals surface area (Å²) in [6, 6.07) is 8.20. The van der Waals surface area contributed by atoms with E-state index in [1.54, 1.807) is 6.08 Å². The highest BCUT2D eigenvalue weighted by molar-refractivity contribution is 6.22. The third kappa shape index (κ3) is 3.78. The zero-order valence-corrected chi connectivity index (χ0v) is 15.1. The molecule has 0 unspecified atom stereocenters. The first kappa shape index (κ1) is 17.3. The number of fused-ring (bicyclic) bond motifs is 1. The first-order valence-electron chi connectivity index (χ1n) is 8.85. The van der Waals surface area contributed by atoms with E-state index in [1.807, 2.05) is 12.1 Å². The fourth-order valence-electron chi connectivity index (χ4n) is 3.36. The van der Waals surface area contributed by atoms with E-state index in [0.29, 0.717) is 0 Å². The van der Waals surface area contributed by atoms with Crippen LogP contribution in [0.4, 0.5) is 5.82 Å². The summed E-state index contributed by atoms with van der Waals surface area (Å²) in [5.74, 6) is 0.458. The molecular weight excluding hydrogens is 312 g/mol. The molecule has 1 fully saturated rings. The number of aryl methyl sites for hydroxylation is 1. The number of Topliss-reactive ketones (excluding diaryl/α,β-unsaturated/α-hetero) is 2. The number of piperidine rings is 1. The lowest BCUT2D eigenvalue weighted by Crippen LogP contribution is -2.30. The highest BCUT2D eigenvalue weighted by Crippen LogP contribution is 2.28. The number of carbonyl (C=O) groups is 2. The van der Waals surface area contributed by atoms with Gasteiger partial charge in [0.15, 0.2) is 11.6 Å². The number of anilines is 1. The molecule has 1 aromatic heterocycles. The van der Waals surface area contributed by atoms with Crippen LogP contribution in [0.5, 0.6) is 0 Å². The lowest BCUT2D eigenvalue weighted by Gasteiger charge is -2.29. The van der Waals surface area contributed by atoms with E-state index in [1.165, 1.54) is 25.8 Å². The Bertz CT molecular complexity index is 846. The van der Waals surface area contributed by atoms with Crippen molar-refractivity contribution >= 4 is 34.4 Å². The number of aromatic nitrogens is 1. The largest absolute Gasteiger partial charge is 0.356 e. The van der Waals surface area contributed by atoms with Crippen molar-refractivity contribution in [2.24, 2.45) is 0 Å². The van der Waals surface area contributed by atoms with E-state index in [4.69, 9.17) is 4.98 Å². The van der Waals surface area contributed by atoms with E-state index in [2.05, 4.69) is 24.0 Å². The van der Waals surface area contributed by atoms with Gasteiger partial charge in [-0.3, -0.25) is 9.59 Å². The van der Waals surface area contributed by atoms with Crippen LogP contribution in [0.2, 0.25) is 0 Å². The van der Waals surface area contributed by atoms with Crippen LogP contribution in [0.15, 0.2) is 29.8 Å². The zero-order valence-electron chi connectivity index (χ0n) is 15.1. The Balaban J connectivity index is 2.19. The molecule has 2 heterocycles. The van der Waals surface area contributed by atoms with Crippen molar-refractivity contribution in [3.8, 4) is 0 Å². The highest BCUT2D eigenvalue weighted by Gasteiger charge is 2.18. The van der Waals surface area contributed by atoms with Gasteiger partial charge in [-0.2, -0.15) is 0 Å². The van der Waals surface area contributed by atoms with Crippen molar-refractivity contribution in [1.29, 1.82) is 0 Å². The average Bonchev–Trinajstić information content (AvgIpc) is 2.59. The molecule has 0 amide bonds. The monoisotopic (exact) mass is 336 g/mol. The maximum absolute atomic E-state index is 11.9. The van der Waals surface area contributed by atoms with Crippen molar-refractivity contribution in [3.63, 3.8) is 0 Å². The van der Waals surface area contributed by atoms with Gasteiger partial charge in [-0.25, -0.2) is 4.98 Å². The fraction of sp³-hybridized carbons (Fsp3) is 0.381. The van der Waals surface area contributed by atoms with E-state index < -0.39 is 0 Å². The van der Waals surface area contributed by atoms with E-state index >= 15 is 0 Å². The first-order valence-corrected chi connectivity index (χ1v) is 8.85. The highest BCUT2D eigenvalue weighted by atomic mass is 16.1. The normalized spacial score (nSPS) is 14.4. The molecule has 0 bridgehead atoms. The van der Waals surface area contributed by atoms with Crippen LogP contribution in [-0.4, -0.2) is 29.6 Å². The Kier molecular flexibility index (Phi) is 4.98. The minimum atomic E-state index is -0.207. The van der Waals surface area contributed by atoms with Crippen LogP contribution in [0.1, 0.15) is 44.2 Å². The summed E-state index contributed by atoms with van der Waals surface area (Å²) in [6.07, 6.45) is 5.23. The number of ketones is 2. The Hall–Kier alpha value is -2.49. The number of allylic oxidation sites excluding steroid dienone is 1. The summed E-state index contributed by atoms with van der Waals surface area (Å²) >= 11 is 0. The van der Waals surface area contributed by atoms with Crippen LogP contribution in [0, 0.1) is 6.92 Å². The Morgan fingerprint density at radius 1 is 1.04 bits per heavy atom. The number of benzene rings is 1. The summed E-state index contributed by atoms with van der Waals surface area (Å²) in [4.78, 5) is 30.9. The minimum absolute atomic E-state index is 0.207. The van der Waals surface area contributed by atoms with Gasteiger partial charge in [-0.05, 0) is 63.8 Å². The molecule has 0 saturated carbocycles. The molecule has 2 aromatic rings. The number of pyridine rings is 1. The van der Waals surface area contributed by atoms with Crippen molar-refractivity contribution in [2.75, 3.05) is 18.0 Å².